The van der Waals surface area contributed by atoms with Gasteiger partial charge in [-0.05, 0) is 12.8 Å². The summed E-state index contributed by atoms with van der Waals surface area (Å²) in [5.74, 6) is -1.45. The number of aliphatic carboxylic acids is 2. The summed E-state index contributed by atoms with van der Waals surface area (Å²) in [4.78, 5) is 20.4. The average Bonchev–Trinajstić information content (AvgIpc) is 2.14. The molecule has 0 bridgehead atoms. The van der Waals surface area contributed by atoms with Gasteiger partial charge in [0.15, 0.2) is 0 Å². The smallest absolute Gasteiger partial charge is 1.00 e. The molecule has 0 saturated carbocycles. The molecule has 0 aliphatic rings. The molecule has 0 saturated heterocycles. The maximum absolute atomic E-state index is 10.2. The minimum Gasteiger partial charge on any atom is -1.00 e. The molecule has 92 valence electrons. The zero-order chi connectivity index (χ0) is 11.5. The van der Waals surface area contributed by atoms with Gasteiger partial charge >= 0.3 is 71.1 Å². The molecular formula is C11H22Na2O4. The van der Waals surface area contributed by atoms with E-state index >= 15 is 0 Å². The second-order valence-electron chi connectivity index (χ2n) is 3.76. The van der Waals surface area contributed by atoms with Crippen molar-refractivity contribution in [3.63, 3.8) is 0 Å². The normalized spacial score (nSPS) is 8.94. The molecule has 0 unspecified atom stereocenters. The third-order valence-corrected chi connectivity index (χ3v) is 2.28. The summed E-state index contributed by atoms with van der Waals surface area (Å²) in [5.41, 5.74) is 0. The average molecular weight is 264 g/mol. The first-order chi connectivity index (χ1) is 7.13. The van der Waals surface area contributed by atoms with Crippen LogP contribution in [0.15, 0.2) is 0 Å². The van der Waals surface area contributed by atoms with Crippen LogP contribution in [0.5, 0.6) is 0 Å². The molecule has 0 fully saturated rings. The molecule has 4 nitrogen and oxygen atoms in total. The molecule has 0 heterocycles. The zero-order valence-corrected chi connectivity index (χ0v) is 15.1. The van der Waals surface area contributed by atoms with Crippen molar-refractivity contribution in [2.45, 2.75) is 57.8 Å². The van der Waals surface area contributed by atoms with E-state index in [0.29, 0.717) is 0 Å². The Morgan fingerprint density at radius 1 is 0.647 bits per heavy atom. The Bertz CT molecular complexity index is 187. The number of rotatable bonds is 10. The van der Waals surface area contributed by atoms with E-state index in [1.54, 1.807) is 0 Å². The van der Waals surface area contributed by atoms with Crippen LogP contribution in [0.1, 0.15) is 60.6 Å². The van der Waals surface area contributed by atoms with Gasteiger partial charge in [0.05, 0.1) is 0 Å². The molecule has 0 spiro atoms. The van der Waals surface area contributed by atoms with Crippen molar-refractivity contribution in [2.24, 2.45) is 0 Å². The molecule has 0 aromatic heterocycles. The molecule has 0 aliphatic heterocycles. The summed E-state index contributed by atoms with van der Waals surface area (Å²) in [6.07, 6.45) is 7.16. The second-order valence-corrected chi connectivity index (χ2v) is 3.76. The van der Waals surface area contributed by atoms with Gasteiger partial charge in [-0.2, -0.15) is 0 Å². The van der Waals surface area contributed by atoms with Gasteiger partial charge in [-0.15, -0.1) is 0 Å². The van der Waals surface area contributed by atoms with Crippen LogP contribution in [-0.4, -0.2) is 22.2 Å². The quantitative estimate of drug-likeness (QED) is 0.324. The zero-order valence-electron chi connectivity index (χ0n) is 13.1. The van der Waals surface area contributed by atoms with Crippen molar-refractivity contribution in [3.05, 3.63) is 0 Å². The summed E-state index contributed by atoms with van der Waals surface area (Å²) in [7, 11) is 0. The van der Waals surface area contributed by atoms with Crippen LogP contribution in [0.4, 0.5) is 0 Å². The molecular weight excluding hydrogens is 242 g/mol. The van der Waals surface area contributed by atoms with Crippen molar-refractivity contribution in [3.8, 4) is 0 Å². The summed E-state index contributed by atoms with van der Waals surface area (Å²) in [6, 6.07) is 0. The van der Waals surface area contributed by atoms with Crippen LogP contribution >= 0.6 is 0 Å². The number of carbonyl (C=O) groups is 2. The van der Waals surface area contributed by atoms with Crippen LogP contribution < -0.4 is 59.1 Å². The Balaban J connectivity index is -0.000000163. The molecule has 0 radical (unpaired) electrons. The molecule has 0 aromatic rings. The van der Waals surface area contributed by atoms with Crippen LogP contribution in [0.25, 0.3) is 0 Å². The van der Waals surface area contributed by atoms with E-state index in [1.165, 1.54) is 0 Å². The largest absolute Gasteiger partial charge is 1.00 e. The van der Waals surface area contributed by atoms with Gasteiger partial charge in [-0.1, -0.05) is 32.1 Å². The predicted molar refractivity (Wildman–Crippen MR) is 59.0 cm³/mol. The van der Waals surface area contributed by atoms with Crippen LogP contribution in [0.3, 0.4) is 0 Å². The summed E-state index contributed by atoms with van der Waals surface area (Å²) < 4.78 is 0. The topological polar surface area (TPSA) is 74.6 Å². The standard InChI is InChI=1S/C11H20O4.2Na.2H/c12-10(13)8-6-4-2-1-3-5-7-9-11(14)15;;;;/h1-9H2,(H,12,13)(H,14,15);;;;/q;2*+1;2*-1. The number of hydrogen-bond donors (Lipinski definition) is 2. The molecule has 0 rings (SSSR count). The van der Waals surface area contributed by atoms with E-state index in [-0.39, 0.29) is 74.8 Å². The van der Waals surface area contributed by atoms with E-state index in [0.717, 1.165) is 44.9 Å². The monoisotopic (exact) mass is 264 g/mol. The molecule has 0 aromatic carbocycles. The van der Waals surface area contributed by atoms with Crippen molar-refractivity contribution in [2.75, 3.05) is 0 Å². The van der Waals surface area contributed by atoms with Crippen LogP contribution in [0, 0.1) is 0 Å². The van der Waals surface area contributed by atoms with Gasteiger partial charge in [0.2, 0.25) is 0 Å². The third-order valence-electron chi connectivity index (χ3n) is 2.28. The van der Waals surface area contributed by atoms with Crippen molar-refractivity contribution >= 4 is 11.9 Å². The van der Waals surface area contributed by atoms with Gasteiger partial charge in [0, 0.05) is 12.8 Å². The molecule has 2 N–H and O–H groups in total. The van der Waals surface area contributed by atoms with Gasteiger partial charge in [-0.3, -0.25) is 9.59 Å². The third kappa shape index (κ3) is 22.6. The van der Waals surface area contributed by atoms with Crippen LogP contribution in [-0.2, 0) is 9.59 Å². The van der Waals surface area contributed by atoms with Gasteiger partial charge in [0.1, 0.15) is 0 Å². The van der Waals surface area contributed by atoms with Gasteiger partial charge in [-0.25, -0.2) is 0 Å². The molecule has 17 heavy (non-hydrogen) atoms. The summed E-state index contributed by atoms with van der Waals surface area (Å²) in [5, 5.41) is 16.8. The van der Waals surface area contributed by atoms with E-state index in [2.05, 4.69) is 0 Å². The Hall–Kier alpha value is 0.940. The van der Waals surface area contributed by atoms with E-state index in [9.17, 15) is 9.59 Å². The fourth-order valence-electron chi connectivity index (χ4n) is 1.44. The first-order valence-corrected chi connectivity index (χ1v) is 5.56. The van der Waals surface area contributed by atoms with Gasteiger partial charge in [0.25, 0.3) is 0 Å². The minimum atomic E-state index is -0.726. The molecule has 0 amide bonds. The van der Waals surface area contributed by atoms with E-state index in [4.69, 9.17) is 10.2 Å². The predicted octanol–water partition coefficient (Wildman–Crippen LogP) is -3.10. The Labute approximate surface area is 150 Å². The fourth-order valence-corrected chi connectivity index (χ4v) is 1.44. The Kier molecular flexibility index (Phi) is 23.0. The number of carboxylic acids is 2. The Morgan fingerprint density at radius 3 is 1.12 bits per heavy atom. The maximum Gasteiger partial charge on any atom is 1.00 e. The number of carboxylic acid groups (broad SMARTS) is 2. The number of hydrogen-bond acceptors (Lipinski definition) is 2. The minimum absolute atomic E-state index is 0. The maximum atomic E-state index is 10.2. The summed E-state index contributed by atoms with van der Waals surface area (Å²) >= 11 is 0. The van der Waals surface area contributed by atoms with Crippen LogP contribution in [0.2, 0.25) is 0 Å². The fraction of sp³-hybridized carbons (Fsp3) is 0.818. The van der Waals surface area contributed by atoms with Crippen molar-refractivity contribution in [1.29, 1.82) is 0 Å². The second kappa shape index (κ2) is 16.9. The van der Waals surface area contributed by atoms with Gasteiger partial charge < -0.3 is 13.1 Å². The van der Waals surface area contributed by atoms with Crippen molar-refractivity contribution in [1.82, 2.24) is 0 Å². The first kappa shape index (κ1) is 23.1. The number of unbranched alkanes of at least 4 members (excludes halogenated alkanes) is 6. The molecule has 0 aliphatic carbocycles. The van der Waals surface area contributed by atoms with Crippen molar-refractivity contribution < 1.29 is 81.8 Å². The van der Waals surface area contributed by atoms with E-state index in [1.807, 2.05) is 0 Å². The molecule has 6 heteroatoms. The molecule has 0 atom stereocenters. The Morgan fingerprint density at radius 2 is 0.882 bits per heavy atom. The SMILES string of the molecule is O=C(O)CCCCCCCCCC(=O)O.[H-].[H-].[Na+].[Na+]. The first-order valence-electron chi connectivity index (χ1n) is 5.56. The summed E-state index contributed by atoms with van der Waals surface area (Å²) in [6.45, 7) is 0. The van der Waals surface area contributed by atoms with E-state index < -0.39 is 11.9 Å².